The molecule has 0 bridgehead atoms. The highest BCUT2D eigenvalue weighted by molar-refractivity contribution is 6.31. The van der Waals surface area contributed by atoms with E-state index in [-0.39, 0.29) is 10.8 Å². The fourth-order valence-corrected chi connectivity index (χ4v) is 5.72. The zero-order chi connectivity index (χ0) is 22.6. The van der Waals surface area contributed by atoms with E-state index in [0.29, 0.717) is 0 Å². The van der Waals surface area contributed by atoms with Gasteiger partial charge in [0.15, 0.2) is 0 Å². The SMILES string of the molecule is CCC1=C(/C=C/C=C2\N(CC)c3ccc(Cl)cc3C2(C)C)C(C)(C)c2cc(Cl)ccc21. The van der Waals surface area contributed by atoms with Crippen molar-refractivity contribution < 1.29 is 0 Å². The molecule has 1 heterocycles. The first-order valence-corrected chi connectivity index (χ1v) is 11.9. The van der Waals surface area contributed by atoms with Crippen molar-refractivity contribution in [3.63, 3.8) is 0 Å². The molecule has 2 aliphatic rings. The van der Waals surface area contributed by atoms with Gasteiger partial charge in [-0.25, -0.2) is 0 Å². The molecule has 3 heteroatoms. The molecule has 162 valence electrons. The zero-order valence-corrected chi connectivity index (χ0v) is 20.8. The van der Waals surface area contributed by atoms with E-state index in [1.165, 1.54) is 39.2 Å². The molecule has 1 aliphatic heterocycles. The molecule has 0 spiro atoms. The summed E-state index contributed by atoms with van der Waals surface area (Å²) in [6, 6.07) is 12.6. The third-order valence-electron chi connectivity index (χ3n) is 7.02. The van der Waals surface area contributed by atoms with Gasteiger partial charge in [-0.05, 0) is 77.6 Å². The monoisotopic (exact) mass is 451 g/mol. The number of nitrogens with zero attached hydrogens (tertiary/aromatic N) is 1. The lowest BCUT2D eigenvalue weighted by Crippen LogP contribution is -2.25. The van der Waals surface area contributed by atoms with Gasteiger partial charge in [-0.3, -0.25) is 0 Å². The quantitative estimate of drug-likeness (QED) is 0.448. The van der Waals surface area contributed by atoms with Gasteiger partial charge in [0.05, 0.1) is 0 Å². The van der Waals surface area contributed by atoms with Gasteiger partial charge in [0.1, 0.15) is 0 Å². The molecule has 0 N–H and O–H groups in total. The lowest BCUT2D eigenvalue weighted by atomic mass is 9.80. The van der Waals surface area contributed by atoms with E-state index >= 15 is 0 Å². The molecule has 2 aromatic carbocycles. The lowest BCUT2D eigenvalue weighted by molar-refractivity contribution is 0.633. The summed E-state index contributed by atoms with van der Waals surface area (Å²) in [5, 5.41) is 1.60. The molecule has 4 rings (SSSR count). The highest BCUT2D eigenvalue weighted by Gasteiger charge is 2.39. The molecule has 0 saturated heterocycles. The first-order valence-electron chi connectivity index (χ1n) is 11.1. The van der Waals surface area contributed by atoms with Crippen molar-refractivity contribution in [3.05, 3.63) is 92.6 Å². The summed E-state index contributed by atoms with van der Waals surface area (Å²) in [7, 11) is 0. The van der Waals surface area contributed by atoms with Crippen molar-refractivity contribution in [1.82, 2.24) is 0 Å². The van der Waals surface area contributed by atoms with Crippen LogP contribution in [0.2, 0.25) is 10.0 Å². The summed E-state index contributed by atoms with van der Waals surface area (Å²) in [6.07, 6.45) is 7.82. The van der Waals surface area contributed by atoms with Crippen molar-refractivity contribution in [2.75, 3.05) is 11.4 Å². The molecule has 0 saturated carbocycles. The summed E-state index contributed by atoms with van der Waals surface area (Å²) < 4.78 is 0. The fraction of sp³-hybridized carbons (Fsp3) is 0.357. The summed E-state index contributed by atoms with van der Waals surface area (Å²) in [5.74, 6) is 0. The Morgan fingerprint density at radius 2 is 1.52 bits per heavy atom. The topological polar surface area (TPSA) is 3.24 Å². The second-order valence-corrected chi connectivity index (χ2v) is 10.4. The van der Waals surface area contributed by atoms with Crippen LogP contribution in [0.3, 0.4) is 0 Å². The number of likely N-dealkylation sites (N-methyl/N-ethyl adjacent to an activating group) is 1. The zero-order valence-electron chi connectivity index (χ0n) is 19.3. The van der Waals surface area contributed by atoms with Crippen LogP contribution < -0.4 is 4.90 Å². The first-order chi connectivity index (χ1) is 14.6. The molecule has 0 radical (unpaired) electrons. The molecular weight excluding hydrogens is 421 g/mol. The molecule has 0 fully saturated rings. The van der Waals surface area contributed by atoms with Crippen molar-refractivity contribution >= 4 is 34.5 Å². The minimum atomic E-state index is -0.0930. The third kappa shape index (κ3) is 3.47. The van der Waals surface area contributed by atoms with Crippen LogP contribution in [-0.2, 0) is 10.8 Å². The van der Waals surface area contributed by atoms with Crippen molar-refractivity contribution in [3.8, 4) is 0 Å². The maximum absolute atomic E-state index is 6.34. The Kier molecular flexibility index (Phi) is 5.65. The van der Waals surface area contributed by atoms with Crippen LogP contribution in [0, 0.1) is 0 Å². The van der Waals surface area contributed by atoms with Gasteiger partial charge in [-0.1, -0.05) is 76.0 Å². The molecule has 0 amide bonds. The lowest BCUT2D eigenvalue weighted by Gasteiger charge is -2.26. The Bertz CT molecular complexity index is 1130. The number of rotatable bonds is 4. The van der Waals surface area contributed by atoms with Crippen LogP contribution >= 0.6 is 23.2 Å². The van der Waals surface area contributed by atoms with E-state index in [9.17, 15) is 0 Å². The Morgan fingerprint density at radius 1 is 0.871 bits per heavy atom. The number of hydrogen-bond acceptors (Lipinski definition) is 1. The Hall–Kier alpha value is -1.96. The molecule has 31 heavy (non-hydrogen) atoms. The van der Waals surface area contributed by atoms with Gasteiger partial charge in [0.2, 0.25) is 0 Å². The van der Waals surface area contributed by atoms with Gasteiger partial charge >= 0.3 is 0 Å². The average Bonchev–Trinajstić information content (AvgIpc) is 3.06. The van der Waals surface area contributed by atoms with Crippen LogP contribution in [0.25, 0.3) is 5.57 Å². The summed E-state index contributed by atoms with van der Waals surface area (Å²) in [4.78, 5) is 2.40. The van der Waals surface area contributed by atoms with E-state index in [4.69, 9.17) is 23.2 Å². The third-order valence-corrected chi connectivity index (χ3v) is 7.49. The number of benzene rings is 2. The predicted molar refractivity (Wildman–Crippen MR) is 136 cm³/mol. The minimum absolute atomic E-state index is 0.0628. The van der Waals surface area contributed by atoms with Crippen LogP contribution in [0.15, 0.2) is 65.9 Å². The molecule has 2 aromatic rings. The number of halogens is 2. The Balaban J connectivity index is 1.75. The Morgan fingerprint density at radius 3 is 2.16 bits per heavy atom. The van der Waals surface area contributed by atoms with Crippen molar-refractivity contribution in [1.29, 1.82) is 0 Å². The van der Waals surface area contributed by atoms with Crippen molar-refractivity contribution in [2.45, 2.75) is 58.8 Å². The van der Waals surface area contributed by atoms with E-state index in [1.807, 2.05) is 12.1 Å². The highest BCUT2D eigenvalue weighted by atomic mass is 35.5. The van der Waals surface area contributed by atoms with Crippen LogP contribution in [0.1, 0.15) is 64.7 Å². The van der Waals surface area contributed by atoms with Gasteiger partial charge < -0.3 is 4.90 Å². The van der Waals surface area contributed by atoms with E-state index in [2.05, 4.69) is 88.9 Å². The molecular formula is C28H31Cl2N. The van der Waals surface area contributed by atoms with Gasteiger partial charge in [0.25, 0.3) is 0 Å². The molecule has 0 unspecified atom stereocenters. The standard InChI is InChI=1S/C28H31Cl2N/c1-7-20-21-14-12-18(29)16-23(21)27(3,4)22(20)10-9-11-26-28(5,6)24-17-19(30)13-15-25(24)31(26)8-2/h9-17H,7-8H2,1-6H3/b10-9+,26-11-. The van der Waals surface area contributed by atoms with Crippen molar-refractivity contribution in [2.24, 2.45) is 0 Å². The summed E-state index contributed by atoms with van der Waals surface area (Å²) in [5.41, 5.74) is 9.15. The smallest absolute Gasteiger partial charge is 0.0451 e. The largest absolute Gasteiger partial charge is 0.344 e. The average molecular weight is 452 g/mol. The molecule has 0 aromatic heterocycles. The number of hydrogen-bond donors (Lipinski definition) is 0. The number of anilines is 1. The van der Waals surface area contributed by atoms with Gasteiger partial charge in [-0.15, -0.1) is 0 Å². The van der Waals surface area contributed by atoms with Gasteiger partial charge in [0, 0.05) is 38.8 Å². The summed E-state index contributed by atoms with van der Waals surface area (Å²) >= 11 is 12.7. The normalized spacial score (nSPS) is 20.1. The molecule has 1 nitrogen and oxygen atoms in total. The highest BCUT2D eigenvalue weighted by Crippen LogP contribution is 2.50. The maximum Gasteiger partial charge on any atom is 0.0451 e. The first kappa shape index (κ1) is 22.2. The van der Waals surface area contributed by atoms with Crippen LogP contribution in [0.4, 0.5) is 5.69 Å². The Labute approximate surface area is 197 Å². The predicted octanol–water partition coefficient (Wildman–Crippen LogP) is 8.71. The number of fused-ring (bicyclic) bond motifs is 2. The fourth-order valence-electron chi connectivity index (χ4n) is 5.38. The van der Waals surface area contributed by atoms with E-state index in [1.54, 1.807) is 0 Å². The summed E-state index contributed by atoms with van der Waals surface area (Å²) in [6.45, 7) is 14.5. The second-order valence-electron chi connectivity index (χ2n) is 9.50. The second kappa shape index (κ2) is 7.87. The number of allylic oxidation sites excluding steroid dienone is 6. The van der Waals surface area contributed by atoms with E-state index in [0.717, 1.165) is 23.0 Å². The van der Waals surface area contributed by atoms with E-state index < -0.39 is 0 Å². The molecule has 1 aliphatic carbocycles. The van der Waals surface area contributed by atoms with Crippen LogP contribution in [-0.4, -0.2) is 6.54 Å². The van der Waals surface area contributed by atoms with Gasteiger partial charge in [-0.2, -0.15) is 0 Å². The van der Waals surface area contributed by atoms with Crippen LogP contribution in [0.5, 0.6) is 0 Å². The molecule has 0 atom stereocenters. The minimum Gasteiger partial charge on any atom is -0.344 e. The maximum atomic E-state index is 6.34.